The van der Waals surface area contributed by atoms with Crippen LogP contribution in [0.25, 0.3) is 0 Å². The number of ketones is 1. The van der Waals surface area contributed by atoms with Crippen molar-refractivity contribution in [2.75, 3.05) is 11.5 Å². The van der Waals surface area contributed by atoms with Crippen molar-refractivity contribution in [3.8, 4) is 0 Å². The Hall–Kier alpha value is -2.54. The number of rotatable bonds is 12. The van der Waals surface area contributed by atoms with Gasteiger partial charge < -0.3 is 10.6 Å². The van der Waals surface area contributed by atoms with E-state index in [4.69, 9.17) is 0 Å². The summed E-state index contributed by atoms with van der Waals surface area (Å²) in [5.41, 5.74) is -2.25. The first kappa shape index (κ1) is 28.0. The molecule has 0 aromatic heterocycles. The van der Waals surface area contributed by atoms with Crippen LogP contribution in [-0.4, -0.2) is 61.3 Å². The first-order valence-corrected chi connectivity index (χ1v) is 13.4. The molecule has 2 aliphatic rings. The highest BCUT2D eigenvalue weighted by molar-refractivity contribution is 7.91. The smallest absolute Gasteiger partial charge is 0.347 e. The summed E-state index contributed by atoms with van der Waals surface area (Å²) in [6.45, 7) is 2.41. The van der Waals surface area contributed by atoms with Gasteiger partial charge in [0, 0.05) is 6.04 Å². The minimum atomic E-state index is -4.97. The molecule has 2 atom stereocenters. The largest absolute Gasteiger partial charge is 0.407 e. The third-order valence-corrected chi connectivity index (χ3v) is 7.76. The van der Waals surface area contributed by atoms with Gasteiger partial charge in [-0.05, 0) is 63.1 Å². The summed E-state index contributed by atoms with van der Waals surface area (Å²) in [5, 5.41) is 6.77. The van der Waals surface area contributed by atoms with Crippen molar-refractivity contribution in [2.24, 2.45) is 5.92 Å². The van der Waals surface area contributed by atoms with Crippen LogP contribution >= 0.6 is 0 Å². The Morgan fingerprint density at radius 3 is 2.11 bits per heavy atom. The highest BCUT2D eigenvalue weighted by atomic mass is 32.2. The molecule has 8 nitrogen and oxygen atoms in total. The number of hydrogen-bond acceptors (Lipinski definition) is 6. The second-order valence-corrected chi connectivity index (χ2v) is 12.1. The van der Waals surface area contributed by atoms with Gasteiger partial charge in [-0.15, -0.1) is 0 Å². The topological polar surface area (TPSA) is 121 Å². The second-order valence-electron chi connectivity index (χ2n) is 9.96. The number of carbonyl (C=O) groups excluding carboxylic acids is 3. The fraction of sp³-hybridized carbons (Fsp3) is 0.609. The molecule has 3 N–H and O–H groups in total. The summed E-state index contributed by atoms with van der Waals surface area (Å²) in [4.78, 5) is 37.8. The summed E-state index contributed by atoms with van der Waals surface area (Å²) in [7, 11) is -3.96. The van der Waals surface area contributed by atoms with E-state index in [-0.39, 0.29) is 17.7 Å². The normalized spacial score (nSPS) is 18.3. The number of Topliss-reactive ketones (excluding diaryl/α,β-unsaturated/α-hetero) is 1. The average Bonchev–Trinajstić information content (AvgIpc) is 3.67. The Morgan fingerprint density at radius 2 is 1.61 bits per heavy atom. The van der Waals surface area contributed by atoms with E-state index in [1.54, 1.807) is 0 Å². The summed E-state index contributed by atoms with van der Waals surface area (Å²) in [5.74, 6) is -5.28. The molecule has 1 unspecified atom stereocenters. The lowest BCUT2D eigenvalue weighted by Gasteiger charge is -2.30. The molecule has 0 aliphatic heterocycles. The first-order chi connectivity index (χ1) is 16.6. The molecule has 36 heavy (non-hydrogen) atoms. The maximum Gasteiger partial charge on any atom is 0.407 e. The molecule has 0 bridgehead atoms. The monoisotopic (exact) mass is 535 g/mol. The van der Waals surface area contributed by atoms with E-state index in [1.165, 1.54) is 13.8 Å². The zero-order valence-corrected chi connectivity index (χ0v) is 20.6. The van der Waals surface area contributed by atoms with Crippen LogP contribution in [0.4, 0.5) is 17.6 Å². The number of alkyl halides is 3. The Bertz CT molecular complexity index is 1100. The van der Waals surface area contributed by atoms with Gasteiger partial charge in [0.1, 0.15) is 23.4 Å². The van der Waals surface area contributed by atoms with Crippen LogP contribution in [0, 0.1) is 11.7 Å². The Labute approximate surface area is 206 Å². The highest BCUT2D eigenvalue weighted by Crippen LogP contribution is 2.34. The van der Waals surface area contributed by atoms with Gasteiger partial charge >= 0.3 is 6.18 Å². The van der Waals surface area contributed by atoms with Crippen molar-refractivity contribution in [3.05, 3.63) is 35.6 Å². The van der Waals surface area contributed by atoms with Crippen LogP contribution in [0.5, 0.6) is 0 Å². The van der Waals surface area contributed by atoms with Crippen molar-refractivity contribution >= 4 is 27.4 Å². The van der Waals surface area contributed by atoms with Crippen molar-refractivity contribution in [1.82, 2.24) is 16.0 Å². The van der Waals surface area contributed by atoms with Crippen LogP contribution in [0.1, 0.15) is 51.1 Å². The summed E-state index contributed by atoms with van der Waals surface area (Å²) in [6, 6.07) is -1.17. The molecule has 1 aromatic rings. The van der Waals surface area contributed by atoms with Crippen LogP contribution in [0.3, 0.4) is 0 Å². The number of benzene rings is 1. The minimum Gasteiger partial charge on any atom is -0.347 e. The van der Waals surface area contributed by atoms with E-state index in [0.29, 0.717) is 25.7 Å². The van der Waals surface area contributed by atoms with Gasteiger partial charge in [0.15, 0.2) is 9.84 Å². The molecule has 0 saturated heterocycles. The lowest BCUT2D eigenvalue weighted by atomic mass is 9.97. The molecule has 2 aliphatic carbocycles. The Kier molecular flexibility index (Phi) is 8.13. The lowest BCUT2D eigenvalue weighted by molar-refractivity contribution is -0.160. The second kappa shape index (κ2) is 10.4. The molecule has 2 fully saturated rings. The van der Waals surface area contributed by atoms with Gasteiger partial charge in [0.2, 0.25) is 11.7 Å². The minimum absolute atomic E-state index is 0.113. The summed E-state index contributed by atoms with van der Waals surface area (Å²) in [6.07, 6.45) is -2.21. The molecular weight excluding hydrogens is 506 g/mol. The zero-order valence-electron chi connectivity index (χ0n) is 19.8. The number of nitrogens with one attached hydrogen (secondary N) is 3. The molecule has 200 valence electrons. The van der Waals surface area contributed by atoms with E-state index >= 15 is 0 Å². The van der Waals surface area contributed by atoms with Crippen molar-refractivity contribution < 1.29 is 40.4 Å². The maximum atomic E-state index is 13.9. The molecule has 13 heteroatoms. The van der Waals surface area contributed by atoms with Gasteiger partial charge in [-0.1, -0.05) is 12.1 Å². The van der Waals surface area contributed by atoms with E-state index in [2.05, 4.69) is 16.0 Å². The molecular formula is C23H29F4N3O5S. The number of halogens is 4. The number of hydrogen-bond donors (Lipinski definition) is 3. The molecule has 1 aromatic carbocycles. The van der Waals surface area contributed by atoms with Gasteiger partial charge in [-0.3, -0.25) is 19.7 Å². The van der Waals surface area contributed by atoms with Crippen LogP contribution in [0.15, 0.2) is 24.3 Å². The fourth-order valence-electron chi connectivity index (χ4n) is 3.62. The summed E-state index contributed by atoms with van der Waals surface area (Å²) >= 11 is 0. The summed E-state index contributed by atoms with van der Waals surface area (Å²) < 4.78 is 80.4. The van der Waals surface area contributed by atoms with Crippen molar-refractivity contribution in [2.45, 2.75) is 69.4 Å². The molecule has 0 radical (unpaired) electrons. The third kappa shape index (κ3) is 7.99. The molecule has 3 rings (SSSR count). The molecule has 0 heterocycles. The van der Waals surface area contributed by atoms with Crippen molar-refractivity contribution in [1.29, 1.82) is 0 Å². The molecule has 0 spiro atoms. The van der Waals surface area contributed by atoms with Gasteiger partial charge in [0.05, 0.1) is 11.5 Å². The molecule has 2 amide bonds. The van der Waals surface area contributed by atoms with E-state index in [9.17, 15) is 40.4 Å². The Morgan fingerprint density at radius 1 is 1.03 bits per heavy atom. The SMILES string of the molecule is CC(C)(NC(=O)C(CS(=O)(=O)CC1CC1)N[C@H](c1ccc(F)cc1)C(F)(F)F)C(=O)C(=O)NC1CC1. The first-order valence-electron chi connectivity index (χ1n) is 11.5. The van der Waals surface area contributed by atoms with Crippen LogP contribution in [-0.2, 0) is 24.2 Å². The maximum absolute atomic E-state index is 13.9. The highest BCUT2D eigenvalue weighted by Gasteiger charge is 2.45. The van der Waals surface area contributed by atoms with Crippen LogP contribution in [0.2, 0.25) is 0 Å². The van der Waals surface area contributed by atoms with Gasteiger partial charge in [0.25, 0.3) is 5.91 Å². The van der Waals surface area contributed by atoms with Crippen LogP contribution < -0.4 is 16.0 Å². The Balaban J connectivity index is 1.84. The average molecular weight is 536 g/mol. The van der Waals surface area contributed by atoms with E-state index in [0.717, 1.165) is 24.3 Å². The molecule has 2 saturated carbocycles. The quantitative estimate of drug-likeness (QED) is 0.278. The van der Waals surface area contributed by atoms with Gasteiger partial charge in [-0.25, -0.2) is 12.8 Å². The number of carbonyl (C=O) groups is 3. The third-order valence-electron chi connectivity index (χ3n) is 5.94. The standard InChI is InChI=1S/C23H29F4N3O5S/c1-22(2,19(31)21(33)28-16-9-10-16)30-20(32)17(12-36(34,35)11-13-3-4-13)29-18(23(25,26)27)14-5-7-15(24)8-6-14/h5-8,13,16-18,29H,3-4,9-12H2,1-2H3,(H,28,33)(H,30,32)/t17?,18-/m1/s1. The predicted molar refractivity (Wildman–Crippen MR) is 122 cm³/mol. The number of sulfone groups is 1. The fourth-order valence-corrected chi connectivity index (χ4v) is 5.56. The van der Waals surface area contributed by atoms with E-state index in [1.807, 2.05) is 0 Å². The predicted octanol–water partition coefficient (Wildman–Crippen LogP) is 1.95. The number of amides is 2. The van der Waals surface area contributed by atoms with Gasteiger partial charge in [-0.2, -0.15) is 13.2 Å². The zero-order chi connectivity index (χ0) is 26.9. The van der Waals surface area contributed by atoms with Crippen molar-refractivity contribution in [3.63, 3.8) is 0 Å². The van der Waals surface area contributed by atoms with E-state index < -0.39 is 68.4 Å². The lowest BCUT2D eigenvalue weighted by Crippen LogP contribution is -2.60.